The molecule has 0 aromatic carbocycles. The Morgan fingerprint density at radius 3 is 2.07 bits per heavy atom. The topological polar surface area (TPSA) is 51.6 Å². The second-order valence-electron chi connectivity index (χ2n) is 3.88. The van der Waals surface area contributed by atoms with E-state index < -0.39 is 0 Å². The maximum absolute atomic E-state index is 3.56. The molecule has 0 saturated heterocycles. The summed E-state index contributed by atoms with van der Waals surface area (Å²) in [7, 11) is 0. The Bertz CT molecular complexity index is 297. The minimum absolute atomic E-state index is 0.787. The van der Waals surface area contributed by atoms with Crippen LogP contribution in [-0.2, 0) is 0 Å². The van der Waals surface area contributed by atoms with Gasteiger partial charge in [0, 0.05) is 0 Å². The molecule has 14 heavy (non-hydrogen) atoms. The molecule has 4 heteroatoms. The van der Waals surface area contributed by atoms with Gasteiger partial charge in [0.2, 0.25) is 0 Å². The van der Waals surface area contributed by atoms with Gasteiger partial charge in [-0.05, 0) is 48.4 Å². The third kappa shape index (κ3) is 2.34. The monoisotopic (exact) mass is 190 g/mol. The van der Waals surface area contributed by atoms with Gasteiger partial charge >= 0.3 is 0 Å². The van der Waals surface area contributed by atoms with Gasteiger partial charge in [-0.3, -0.25) is 0 Å². The number of hydrogen-bond acceptors (Lipinski definition) is 4. The normalized spacial score (nSPS) is 27.2. The molecule has 0 radical (unpaired) electrons. The zero-order chi connectivity index (χ0) is 9.80. The molecule has 0 aliphatic heterocycles. The van der Waals surface area contributed by atoms with Gasteiger partial charge in [0.15, 0.2) is 0 Å². The Morgan fingerprint density at radius 1 is 1.14 bits per heavy atom. The van der Waals surface area contributed by atoms with E-state index in [1.807, 2.05) is 6.92 Å². The van der Waals surface area contributed by atoms with Crippen LogP contribution in [0.3, 0.4) is 0 Å². The third-order valence-corrected chi connectivity index (χ3v) is 2.71. The second-order valence-corrected chi connectivity index (χ2v) is 3.88. The lowest BCUT2D eigenvalue weighted by Gasteiger charge is -1.96. The first-order valence-corrected chi connectivity index (χ1v) is 5.00. The van der Waals surface area contributed by atoms with Crippen LogP contribution in [-0.4, -0.2) is 20.6 Å². The molecular weight excluding hydrogens is 176 g/mol. The number of rotatable bonds is 0. The fraction of sp³-hybridized carbons (Fsp3) is 0.600. The summed E-state index contributed by atoms with van der Waals surface area (Å²) >= 11 is 0. The van der Waals surface area contributed by atoms with Crippen LogP contribution >= 0.6 is 0 Å². The van der Waals surface area contributed by atoms with Crippen LogP contribution < -0.4 is 0 Å². The number of nitrogens with zero attached hydrogens (tertiary/aromatic N) is 4. The van der Waals surface area contributed by atoms with E-state index in [2.05, 4.69) is 32.8 Å². The highest BCUT2D eigenvalue weighted by Gasteiger charge is 2.25. The van der Waals surface area contributed by atoms with Crippen molar-refractivity contribution in [3.8, 4) is 0 Å². The number of fused-ring (bicyclic) bond motifs is 2. The quantitative estimate of drug-likeness (QED) is 0.582. The van der Waals surface area contributed by atoms with E-state index in [0.29, 0.717) is 0 Å². The van der Waals surface area contributed by atoms with Crippen LogP contribution in [0, 0.1) is 18.8 Å². The molecule has 2 bridgehead atoms. The van der Waals surface area contributed by atoms with Crippen molar-refractivity contribution in [1.82, 2.24) is 20.6 Å². The molecular formula is C10H14N4. The molecule has 2 aliphatic rings. The predicted molar refractivity (Wildman–Crippen MR) is 52.3 cm³/mol. The lowest BCUT2D eigenvalue weighted by Crippen LogP contribution is -1.90. The molecule has 3 rings (SSSR count). The highest BCUT2D eigenvalue weighted by Crippen LogP contribution is 2.38. The highest BCUT2D eigenvalue weighted by atomic mass is 15.4. The van der Waals surface area contributed by atoms with Crippen molar-refractivity contribution in [2.75, 3.05) is 0 Å². The van der Waals surface area contributed by atoms with E-state index in [1.165, 1.54) is 19.3 Å². The summed E-state index contributed by atoms with van der Waals surface area (Å²) in [5, 5.41) is 13.5. The van der Waals surface area contributed by atoms with Crippen molar-refractivity contribution in [2.45, 2.75) is 26.2 Å². The van der Waals surface area contributed by atoms with Crippen LogP contribution in [0.1, 0.15) is 25.0 Å². The van der Waals surface area contributed by atoms with E-state index in [9.17, 15) is 0 Å². The number of aromatic nitrogens is 4. The molecule has 4 nitrogen and oxygen atoms in total. The SMILES string of the molecule is C1=CC2CCC1C2.Cc1cnnnn1. The van der Waals surface area contributed by atoms with Crippen molar-refractivity contribution in [2.24, 2.45) is 11.8 Å². The Balaban J connectivity index is 0.000000107. The first kappa shape index (κ1) is 9.24. The summed E-state index contributed by atoms with van der Waals surface area (Å²) in [5.41, 5.74) is 0.787. The van der Waals surface area contributed by atoms with Crippen molar-refractivity contribution in [3.63, 3.8) is 0 Å². The highest BCUT2D eigenvalue weighted by molar-refractivity contribution is 5.06. The minimum Gasteiger partial charge on any atom is -0.135 e. The molecule has 2 unspecified atom stereocenters. The van der Waals surface area contributed by atoms with Crippen molar-refractivity contribution < 1.29 is 0 Å². The predicted octanol–water partition coefficient (Wildman–Crippen LogP) is 1.55. The summed E-state index contributed by atoms with van der Waals surface area (Å²) in [6.07, 6.45) is 10.7. The van der Waals surface area contributed by atoms with Crippen LogP contribution in [0.4, 0.5) is 0 Å². The van der Waals surface area contributed by atoms with Crippen LogP contribution in [0.15, 0.2) is 18.3 Å². The summed E-state index contributed by atoms with van der Waals surface area (Å²) in [4.78, 5) is 0. The minimum atomic E-state index is 0.787. The average molecular weight is 190 g/mol. The first-order chi connectivity index (χ1) is 6.84. The maximum Gasteiger partial charge on any atom is 0.0820 e. The molecule has 0 amide bonds. The molecule has 0 N–H and O–H groups in total. The van der Waals surface area contributed by atoms with Crippen LogP contribution in [0.5, 0.6) is 0 Å². The number of aryl methyl sites for hydroxylation is 1. The van der Waals surface area contributed by atoms with Gasteiger partial charge in [0.1, 0.15) is 0 Å². The van der Waals surface area contributed by atoms with E-state index in [4.69, 9.17) is 0 Å². The van der Waals surface area contributed by atoms with Gasteiger partial charge in [-0.2, -0.15) is 0 Å². The number of allylic oxidation sites excluding steroid dienone is 2. The van der Waals surface area contributed by atoms with E-state index in [-0.39, 0.29) is 0 Å². The Morgan fingerprint density at radius 2 is 1.86 bits per heavy atom. The zero-order valence-electron chi connectivity index (χ0n) is 8.30. The Kier molecular flexibility index (Phi) is 2.81. The second kappa shape index (κ2) is 4.26. The molecule has 1 fully saturated rings. The maximum atomic E-state index is 3.56. The third-order valence-electron chi connectivity index (χ3n) is 2.71. The van der Waals surface area contributed by atoms with Crippen LogP contribution in [0.2, 0.25) is 0 Å². The van der Waals surface area contributed by atoms with E-state index in [1.54, 1.807) is 6.20 Å². The van der Waals surface area contributed by atoms with Gasteiger partial charge in [-0.1, -0.05) is 12.2 Å². The van der Waals surface area contributed by atoms with Gasteiger partial charge in [0.25, 0.3) is 0 Å². The summed E-state index contributed by atoms with van der Waals surface area (Å²) in [6.45, 7) is 1.81. The standard InChI is InChI=1S/C7H10.C3H4N4/c1-2-7-4-3-6(1)5-7;1-3-2-4-6-7-5-3/h1-2,6-7H,3-5H2;2H,1H3. The van der Waals surface area contributed by atoms with E-state index >= 15 is 0 Å². The van der Waals surface area contributed by atoms with Crippen molar-refractivity contribution in [1.29, 1.82) is 0 Å². The largest absolute Gasteiger partial charge is 0.135 e. The molecule has 1 aromatic heterocycles. The lowest BCUT2D eigenvalue weighted by molar-refractivity contribution is 0.691. The molecule has 74 valence electrons. The summed E-state index contributed by atoms with van der Waals surface area (Å²) in [5.74, 6) is 1.98. The van der Waals surface area contributed by atoms with Gasteiger partial charge < -0.3 is 0 Å². The van der Waals surface area contributed by atoms with Gasteiger partial charge in [0.05, 0.1) is 11.9 Å². The summed E-state index contributed by atoms with van der Waals surface area (Å²) < 4.78 is 0. The molecule has 1 aromatic rings. The average Bonchev–Trinajstić information content (AvgIpc) is 2.83. The van der Waals surface area contributed by atoms with Crippen LogP contribution in [0.25, 0.3) is 0 Å². The Labute approximate surface area is 83.4 Å². The molecule has 2 aliphatic carbocycles. The fourth-order valence-corrected chi connectivity index (χ4v) is 1.97. The van der Waals surface area contributed by atoms with Gasteiger partial charge in [-0.25, -0.2) is 0 Å². The zero-order valence-corrected chi connectivity index (χ0v) is 8.30. The molecule has 2 atom stereocenters. The molecule has 0 spiro atoms. The van der Waals surface area contributed by atoms with Crippen molar-refractivity contribution >= 4 is 0 Å². The van der Waals surface area contributed by atoms with Crippen molar-refractivity contribution in [3.05, 3.63) is 24.0 Å². The van der Waals surface area contributed by atoms with Gasteiger partial charge in [-0.15, -0.1) is 10.2 Å². The molecule has 1 saturated carbocycles. The summed E-state index contributed by atoms with van der Waals surface area (Å²) in [6, 6.07) is 0. The Hall–Kier alpha value is -1.32. The fourth-order valence-electron chi connectivity index (χ4n) is 1.97. The molecule has 1 heterocycles. The number of hydrogen-bond donors (Lipinski definition) is 0. The first-order valence-electron chi connectivity index (χ1n) is 5.00. The van der Waals surface area contributed by atoms with E-state index in [0.717, 1.165) is 17.5 Å². The smallest absolute Gasteiger partial charge is 0.0820 e. The lowest BCUT2D eigenvalue weighted by atomic mass is 10.1.